The molecule has 0 aliphatic heterocycles. The number of H-pyrrole nitrogens is 1. The molecule has 38 heavy (non-hydrogen) atoms. The summed E-state index contributed by atoms with van der Waals surface area (Å²) in [5.74, 6) is -0.735. The number of aromatic amines is 1. The van der Waals surface area contributed by atoms with Crippen LogP contribution in [0.1, 0.15) is 49.3 Å². The maximum absolute atomic E-state index is 15.3. The Balaban J connectivity index is 1.58. The summed E-state index contributed by atoms with van der Waals surface area (Å²) in [5, 5.41) is 4.08. The molecular formula is C31H32FN3O3. The molecule has 0 bridgehead atoms. The SMILES string of the molecule is COc1cccc(C(C(=O)NC2CCCCC2)N(C(=O)Cc2c[nH]c3ccccc23)c2ccccc2F)c1. The van der Waals surface area contributed by atoms with Crippen molar-refractivity contribution < 1.29 is 18.7 Å². The van der Waals surface area contributed by atoms with Crippen molar-refractivity contribution in [3.05, 3.63) is 95.9 Å². The Morgan fingerprint density at radius 2 is 1.79 bits per heavy atom. The Morgan fingerprint density at radius 3 is 2.58 bits per heavy atom. The summed E-state index contributed by atoms with van der Waals surface area (Å²) >= 11 is 0. The Labute approximate surface area is 221 Å². The number of hydrogen-bond acceptors (Lipinski definition) is 3. The quantitative estimate of drug-likeness (QED) is 0.300. The smallest absolute Gasteiger partial charge is 0.248 e. The number of aromatic nitrogens is 1. The van der Waals surface area contributed by atoms with Crippen LogP contribution in [-0.4, -0.2) is 29.9 Å². The second-order valence-electron chi connectivity index (χ2n) is 9.77. The van der Waals surface area contributed by atoms with Gasteiger partial charge >= 0.3 is 0 Å². The topological polar surface area (TPSA) is 74.4 Å². The van der Waals surface area contributed by atoms with E-state index in [9.17, 15) is 9.59 Å². The third-order valence-corrected chi connectivity index (χ3v) is 7.26. The molecule has 3 aromatic carbocycles. The van der Waals surface area contributed by atoms with E-state index < -0.39 is 11.9 Å². The predicted octanol–water partition coefficient (Wildman–Crippen LogP) is 6.08. The van der Waals surface area contributed by atoms with Crippen molar-refractivity contribution in [1.82, 2.24) is 10.3 Å². The zero-order valence-corrected chi connectivity index (χ0v) is 21.5. The molecule has 4 aromatic rings. The van der Waals surface area contributed by atoms with Crippen LogP contribution in [0.5, 0.6) is 5.75 Å². The third kappa shape index (κ3) is 5.42. The molecular weight excluding hydrogens is 481 g/mol. The number of methoxy groups -OCH3 is 1. The van der Waals surface area contributed by atoms with Crippen LogP contribution in [0, 0.1) is 5.82 Å². The van der Waals surface area contributed by atoms with E-state index in [0.717, 1.165) is 48.6 Å². The van der Waals surface area contributed by atoms with Gasteiger partial charge in [-0.05, 0) is 54.3 Å². The summed E-state index contributed by atoms with van der Waals surface area (Å²) in [6.07, 6.45) is 6.81. The minimum atomic E-state index is -1.08. The number of amides is 2. The van der Waals surface area contributed by atoms with Crippen LogP contribution in [0.2, 0.25) is 0 Å². The number of carbonyl (C=O) groups excluding carboxylic acids is 2. The van der Waals surface area contributed by atoms with E-state index in [2.05, 4.69) is 10.3 Å². The largest absolute Gasteiger partial charge is 0.497 e. The molecule has 0 spiro atoms. The van der Waals surface area contributed by atoms with Gasteiger partial charge in [-0.1, -0.05) is 61.7 Å². The van der Waals surface area contributed by atoms with Gasteiger partial charge in [0, 0.05) is 23.1 Å². The molecule has 7 heteroatoms. The van der Waals surface area contributed by atoms with Gasteiger partial charge in [-0.25, -0.2) is 4.39 Å². The number of benzene rings is 3. The molecule has 1 heterocycles. The van der Waals surface area contributed by atoms with Crippen LogP contribution in [0.15, 0.2) is 79.0 Å². The summed E-state index contributed by atoms with van der Waals surface area (Å²) in [6, 6.07) is 19.8. The first kappa shape index (κ1) is 25.5. The normalized spacial score (nSPS) is 14.7. The zero-order chi connectivity index (χ0) is 26.5. The van der Waals surface area contributed by atoms with Crippen LogP contribution in [0.4, 0.5) is 10.1 Å². The fourth-order valence-electron chi connectivity index (χ4n) is 5.35. The van der Waals surface area contributed by atoms with Gasteiger partial charge in [0.25, 0.3) is 0 Å². The molecule has 1 atom stereocenters. The van der Waals surface area contributed by atoms with Gasteiger partial charge in [-0.15, -0.1) is 0 Å². The van der Waals surface area contributed by atoms with E-state index in [-0.39, 0.29) is 30.0 Å². The summed E-state index contributed by atoms with van der Waals surface area (Å²) in [5.41, 5.74) is 2.30. The summed E-state index contributed by atoms with van der Waals surface area (Å²) in [6.45, 7) is 0. The van der Waals surface area contributed by atoms with Gasteiger partial charge in [-0.3, -0.25) is 14.5 Å². The second kappa shape index (κ2) is 11.5. The molecule has 1 unspecified atom stereocenters. The fraction of sp³-hybridized carbons (Fsp3) is 0.290. The highest BCUT2D eigenvalue weighted by Gasteiger charge is 2.35. The Morgan fingerprint density at radius 1 is 1.03 bits per heavy atom. The molecule has 1 aliphatic rings. The highest BCUT2D eigenvalue weighted by molar-refractivity contribution is 6.03. The van der Waals surface area contributed by atoms with Gasteiger partial charge in [0.05, 0.1) is 19.2 Å². The second-order valence-corrected chi connectivity index (χ2v) is 9.77. The average Bonchev–Trinajstić information content (AvgIpc) is 3.35. The third-order valence-electron chi connectivity index (χ3n) is 7.26. The van der Waals surface area contributed by atoms with Gasteiger partial charge in [-0.2, -0.15) is 0 Å². The number of hydrogen-bond donors (Lipinski definition) is 2. The Kier molecular flexibility index (Phi) is 7.73. The predicted molar refractivity (Wildman–Crippen MR) is 147 cm³/mol. The number of carbonyl (C=O) groups is 2. The molecule has 2 amide bonds. The highest BCUT2D eigenvalue weighted by Crippen LogP contribution is 2.33. The minimum absolute atomic E-state index is 0.00444. The van der Waals surface area contributed by atoms with Gasteiger partial charge in [0.15, 0.2) is 0 Å². The van der Waals surface area contributed by atoms with Crippen molar-refractivity contribution >= 4 is 28.4 Å². The molecule has 6 nitrogen and oxygen atoms in total. The number of rotatable bonds is 8. The number of nitrogens with zero attached hydrogens (tertiary/aromatic N) is 1. The van der Waals surface area contributed by atoms with Crippen LogP contribution < -0.4 is 15.0 Å². The fourth-order valence-corrected chi connectivity index (χ4v) is 5.35. The van der Waals surface area contributed by atoms with Gasteiger partial charge < -0.3 is 15.0 Å². The maximum atomic E-state index is 15.3. The van der Waals surface area contributed by atoms with Crippen molar-refractivity contribution in [2.45, 2.75) is 50.6 Å². The summed E-state index contributed by atoms with van der Waals surface area (Å²) in [4.78, 5) is 32.6. The van der Waals surface area contributed by atoms with Crippen LogP contribution in [-0.2, 0) is 16.0 Å². The molecule has 1 aromatic heterocycles. The lowest BCUT2D eigenvalue weighted by Gasteiger charge is -2.33. The Hall–Kier alpha value is -4.13. The van der Waals surface area contributed by atoms with Crippen LogP contribution in [0.3, 0.4) is 0 Å². The maximum Gasteiger partial charge on any atom is 0.248 e. The molecule has 196 valence electrons. The lowest BCUT2D eigenvalue weighted by atomic mass is 9.94. The summed E-state index contributed by atoms with van der Waals surface area (Å²) in [7, 11) is 1.55. The van der Waals surface area contributed by atoms with E-state index in [1.807, 2.05) is 24.3 Å². The number of para-hydroxylation sites is 2. The number of anilines is 1. The minimum Gasteiger partial charge on any atom is -0.497 e. The molecule has 1 fully saturated rings. The molecule has 2 N–H and O–H groups in total. The van der Waals surface area contributed by atoms with Crippen molar-refractivity contribution in [1.29, 1.82) is 0 Å². The molecule has 0 radical (unpaired) electrons. The average molecular weight is 514 g/mol. The molecule has 1 aliphatic carbocycles. The first-order chi connectivity index (χ1) is 18.5. The van der Waals surface area contributed by atoms with Crippen molar-refractivity contribution in [2.75, 3.05) is 12.0 Å². The zero-order valence-electron chi connectivity index (χ0n) is 21.5. The highest BCUT2D eigenvalue weighted by atomic mass is 19.1. The molecule has 5 rings (SSSR count). The van der Waals surface area contributed by atoms with E-state index >= 15 is 4.39 Å². The Bertz CT molecular complexity index is 1430. The van der Waals surface area contributed by atoms with Crippen molar-refractivity contribution in [2.24, 2.45) is 0 Å². The standard InChI is InChI=1S/C31H32FN3O3/c1-38-24-13-9-10-21(18-24)30(31(37)34-23-11-3-2-4-12-23)35(28-17-8-6-15-26(28)32)29(36)19-22-20-33-27-16-7-5-14-25(22)27/h5-10,13-18,20,23,30,33H,2-4,11-12,19H2,1H3,(H,34,37). The molecule has 1 saturated carbocycles. The number of halogens is 1. The first-order valence-electron chi connectivity index (χ1n) is 13.1. The molecule has 0 saturated heterocycles. The number of nitrogens with one attached hydrogen (secondary N) is 2. The van der Waals surface area contributed by atoms with E-state index in [1.165, 1.54) is 11.0 Å². The monoisotopic (exact) mass is 513 g/mol. The summed E-state index contributed by atoms with van der Waals surface area (Å²) < 4.78 is 20.7. The van der Waals surface area contributed by atoms with Crippen molar-refractivity contribution in [3.63, 3.8) is 0 Å². The van der Waals surface area contributed by atoms with Gasteiger partial charge in [0.2, 0.25) is 11.8 Å². The number of ether oxygens (including phenoxy) is 1. The first-order valence-corrected chi connectivity index (χ1v) is 13.1. The van der Waals surface area contributed by atoms with Crippen LogP contribution >= 0.6 is 0 Å². The van der Waals surface area contributed by atoms with Crippen LogP contribution in [0.25, 0.3) is 10.9 Å². The van der Waals surface area contributed by atoms with E-state index in [4.69, 9.17) is 4.74 Å². The number of fused-ring (bicyclic) bond motifs is 1. The van der Waals surface area contributed by atoms with Gasteiger partial charge in [0.1, 0.15) is 17.6 Å². The lowest BCUT2D eigenvalue weighted by molar-refractivity contribution is -0.127. The van der Waals surface area contributed by atoms with E-state index in [0.29, 0.717) is 11.3 Å². The van der Waals surface area contributed by atoms with E-state index in [1.54, 1.807) is 55.8 Å². The van der Waals surface area contributed by atoms with Crippen molar-refractivity contribution in [3.8, 4) is 5.75 Å². The lowest BCUT2D eigenvalue weighted by Crippen LogP contribution is -2.48.